The Morgan fingerprint density at radius 1 is 1.12 bits per heavy atom. The molecule has 1 aromatic heterocycles. The fourth-order valence-electron chi connectivity index (χ4n) is 3.30. The van der Waals surface area contributed by atoms with Crippen molar-refractivity contribution in [3.8, 4) is 0 Å². The summed E-state index contributed by atoms with van der Waals surface area (Å²) in [5.74, 6) is 1.34. The number of aromatic nitrogens is 4. The summed E-state index contributed by atoms with van der Waals surface area (Å²) in [6, 6.07) is 6.67. The number of tetrazole rings is 1. The van der Waals surface area contributed by atoms with Crippen molar-refractivity contribution in [3.63, 3.8) is 0 Å². The minimum atomic E-state index is -0.222. The first-order valence-corrected chi connectivity index (χ1v) is 8.64. The van der Waals surface area contributed by atoms with Gasteiger partial charge in [-0.15, -0.1) is 5.10 Å². The van der Waals surface area contributed by atoms with Crippen LogP contribution in [0.3, 0.4) is 0 Å². The maximum Gasteiger partial charge on any atom is 0.173 e. The molecule has 0 aliphatic carbocycles. The molecule has 0 N–H and O–H groups in total. The second kappa shape index (κ2) is 6.59. The fourth-order valence-corrected chi connectivity index (χ4v) is 3.30. The lowest BCUT2D eigenvalue weighted by atomic mass is 9.95. The van der Waals surface area contributed by atoms with E-state index in [9.17, 15) is 4.39 Å². The Hall–Kier alpha value is -1.82. The third-order valence-corrected chi connectivity index (χ3v) is 4.74. The van der Waals surface area contributed by atoms with E-state index in [1.54, 1.807) is 0 Å². The highest BCUT2D eigenvalue weighted by Gasteiger charge is 2.32. The molecule has 0 spiro atoms. The van der Waals surface area contributed by atoms with Gasteiger partial charge in [0, 0.05) is 0 Å². The van der Waals surface area contributed by atoms with Crippen LogP contribution in [0.25, 0.3) is 0 Å². The van der Waals surface area contributed by atoms with Crippen molar-refractivity contribution in [1.82, 2.24) is 25.1 Å². The molecule has 5 nitrogen and oxygen atoms in total. The smallest absolute Gasteiger partial charge is 0.173 e. The van der Waals surface area contributed by atoms with Crippen molar-refractivity contribution in [3.05, 3.63) is 41.5 Å². The van der Waals surface area contributed by atoms with E-state index in [4.69, 9.17) is 0 Å². The number of nitrogens with zero attached hydrogens (tertiary/aromatic N) is 5. The van der Waals surface area contributed by atoms with Crippen LogP contribution in [0.2, 0.25) is 0 Å². The average molecular weight is 331 g/mol. The molecule has 0 saturated carbocycles. The molecule has 1 fully saturated rings. The summed E-state index contributed by atoms with van der Waals surface area (Å²) in [5.41, 5.74) is 0.825. The van der Waals surface area contributed by atoms with Gasteiger partial charge in [-0.2, -0.15) is 0 Å². The molecule has 3 rings (SSSR count). The molecule has 0 bridgehead atoms. The Balaban J connectivity index is 2.02. The number of halogens is 1. The second-order valence-electron chi connectivity index (χ2n) is 7.79. The first-order valence-electron chi connectivity index (χ1n) is 8.64. The number of rotatable bonds is 3. The molecule has 1 aliphatic heterocycles. The highest BCUT2D eigenvalue weighted by atomic mass is 19.1. The van der Waals surface area contributed by atoms with E-state index in [1.807, 2.05) is 16.8 Å². The van der Waals surface area contributed by atoms with Crippen molar-refractivity contribution in [1.29, 1.82) is 0 Å². The van der Waals surface area contributed by atoms with E-state index in [2.05, 4.69) is 48.1 Å². The number of piperidine rings is 1. The molecular weight excluding hydrogens is 305 g/mol. The molecule has 1 saturated heterocycles. The van der Waals surface area contributed by atoms with Crippen LogP contribution in [0.15, 0.2) is 24.3 Å². The first-order chi connectivity index (χ1) is 11.4. The minimum absolute atomic E-state index is 0.0488. The van der Waals surface area contributed by atoms with Crippen molar-refractivity contribution >= 4 is 0 Å². The summed E-state index contributed by atoms with van der Waals surface area (Å²) in [6.45, 7) is 10.6. The third-order valence-electron chi connectivity index (χ3n) is 4.74. The van der Waals surface area contributed by atoms with E-state index in [1.165, 1.54) is 12.1 Å². The molecule has 130 valence electrons. The SMILES string of the molecule is CC1CCN(C(c2ccc(F)cc2)c2nnnn2C(C)(C)C)CC1. The molecule has 24 heavy (non-hydrogen) atoms. The maximum absolute atomic E-state index is 13.4. The van der Waals surface area contributed by atoms with Crippen molar-refractivity contribution in [2.75, 3.05) is 13.1 Å². The third kappa shape index (κ3) is 3.48. The second-order valence-corrected chi connectivity index (χ2v) is 7.79. The average Bonchev–Trinajstić information content (AvgIpc) is 3.01. The largest absolute Gasteiger partial charge is 0.290 e. The molecular formula is C18H26FN5. The van der Waals surface area contributed by atoms with Gasteiger partial charge in [0.2, 0.25) is 0 Å². The molecule has 1 aromatic carbocycles. The Morgan fingerprint density at radius 2 is 1.75 bits per heavy atom. The molecule has 0 radical (unpaired) electrons. The number of hydrogen-bond donors (Lipinski definition) is 0. The number of hydrogen-bond acceptors (Lipinski definition) is 4. The molecule has 1 unspecified atom stereocenters. The topological polar surface area (TPSA) is 46.8 Å². The van der Waals surface area contributed by atoms with Crippen molar-refractivity contribution < 1.29 is 4.39 Å². The molecule has 6 heteroatoms. The molecule has 1 aliphatic rings. The van der Waals surface area contributed by atoms with Gasteiger partial charge in [0.1, 0.15) is 5.82 Å². The van der Waals surface area contributed by atoms with Crippen LogP contribution in [0.5, 0.6) is 0 Å². The zero-order valence-corrected chi connectivity index (χ0v) is 14.9. The summed E-state index contributed by atoms with van der Waals surface area (Å²) in [6.07, 6.45) is 2.32. The van der Waals surface area contributed by atoms with Crippen molar-refractivity contribution in [2.24, 2.45) is 5.92 Å². The van der Waals surface area contributed by atoms with E-state index in [0.29, 0.717) is 0 Å². The molecule has 2 aromatic rings. The highest BCUT2D eigenvalue weighted by molar-refractivity contribution is 5.26. The highest BCUT2D eigenvalue weighted by Crippen LogP contribution is 2.32. The molecule has 0 amide bonds. The zero-order chi connectivity index (χ0) is 17.3. The van der Waals surface area contributed by atoms with Crippen LogP contribution < -0.4 is 0 Å². The van der Waals surface area contributed by atoms with Gasteiger partial charge in [0.25, 0.3) is 0 Å². The van der Waals surface area contributed by atoms with Crippen LogP contribution in [0.1, 0.15) is 58.0 Å². The van der Waals surface area contributed by atoms with E-state index >= 15 is 0 Å². The van der Waals surface area contributed by atoms with Gasteiger partial charge >= 0.3 is 0 Å². The number of benzene rings is 1. The Kier molecular flexibility index (Phi) is 4.67. The zero-order valence-electron chi connectivity index (χ0n) is 14.9. The predicted molar refractivity (Wildman–Crippen MR) is 91.0 cm³/mol. The van der Waals surface area contributed by atoms with Gasteiger partial charge < -0.3 is 0 Å². The first kappa shape index (κ1) is 17.0. The van der Waals surface area contributed by atoms with Gasteiger partial charge in [-0.1, -0.05) is 19.1 Å². The summed E-state index contributed by atoms with van der Waals surface area (Å²) in [7, 11) is 0. The predicted octanol–water partition coefficient (Wildman–Crippen LogP) is 3.39. The Labute approximate surface area is 142 Å². The lowest BCUT2D eigenvalue weighted by Crippen LogP contribution is -2.39. The Bertz CT molecular complexity index is 665. The van der Waals surface area contributed by atoms with Crippen LogP contribution in [-0.2, 0) is 5.54 Å². The summed E-state index contributed by atoms with van der Waals surface area (Å²) >= 11 is 0. The standard InChI is InChI=1S/C18H26FN5/c1-13-9-11-23(12-10-13)16(14-5-7-15(19)8-6-14)17-20-21-22-24(17)18(2,3)4/h5-8,13,16H,9-12H2,1-4H3. The van der Waals surface area contributed by atoms with Gasteiger partial charge in [-0.05, 0) is 80.7 Å². The fraction of sp³-hybridized carbons (Fsp3) is 0.611. The number of likely N-dealkylation sites (tertiary alicyclic amines) is 1. The van der Waals surface area contributed by atoms with Crippen LogP contribution in [0.4, 0.5) is 4.39 Å². The quantitative estimate of drug-likeness (QED) is 0.865. The monoisotopic (exact) mass is 331 g/mol. The van der Waals surface area contributed by atoms with E-state index < -0.39 is 0 Å². The van der Waals surface area contributed by atoms with Crippen LogP contribution >= 0.6 is 0 Å². The van der Waals surface area contributed by atoms with E-state index in [0.717, 1.165) is 43.2 Å². The lowest BCUT2D eigenvalue weighted by molar-refractivity contribution is 0.145. The lowest BCUT2D eigenvalue weighted by Gasteiger charge is -2.37. The summed E-state index contributed by atoms with van der Waals surface area (Å²) < 4.78 is 15.3. The van der Waals surface area contributed by atoms with Crippen LogP contribution in [0, 0.1) is 11.7 Å². The summed E-state index contributed by atoms with van der Waals surface area (Å²) in [5, 5.41) is 12.5. The van der Waals surface area contributed by atoms with Gasteiger partial charge in [0.15, 0.2) is 5.82 Å². The van der Waals surface area contributed by atoms with Gasteiger partial charge in [0.05, 0.1) is 11.6 Å². The minimum Gasteiger partial charge on any atom is -0.290 e. The van der Waals surface area contributed by atoms with Gasteiger partial charge in [-0.3, -0.25) is 4.90 Å². The molecule has 2 heterocycles. The van der Waals surface area contributed by atoms with E-state index in [-0.39, 0.29) is 17.4 Å². The van der Waals surface area contributed by atoms with Gasteiger partial charge in [-0.25, -0.2) is 9.07 Å². The summed E-state index contributed by atoms with van der Waals surface area (Å²) in [4.78, 5) is 2.42. The molecule has 1 atom stereocenters. The van der Waals surface area contributed by atoms with Crippen molar-refractivity contribution in [2.45, 2.75) is 52.1 Å². The Morgan fingerprint density at radius 3 is 2.33 bits per heavy atom. The normalized spacial score (nSPS) is 18.7. The maximum atomic E-state index is 13.4. The van der Waals surface area contributed by atoms with Crippen LogP contribution in [-0.4, -0.2) is 38.2 Å².